The summed E-state index contributed by atoms with van der Waals surface area (Å²) in [5.41, 5.74) is -0.474. The van der Waals surface area contributed by atoms with Gasteiger partial charge in [0.05, 0.1) is 11.9 Å². The second-order valence-electron chi connectivity index (χ2n) is 3.53. The van der Waals surface area contributed by atoms with Crippen molar-refractivity contribution in [1.82, 2.24) is 19.7 Å². The number of hydrogen-bond donors (Lipinski definition) is 1. The molecule has 2 aromatic rings. The van der Waals surface area contributed by atoms with Gasteiger partial charge in [-0.3, -0.25) is 9.67 Å². The molecule has 0 fully saturated rings. The van der Waals surface area contributed by atoms with Crippen molar-refractivity contribution in [3.63, 3.8) is 0 Å². The Hall–Kier alpha value is -1.70. The Morgan fingerprint density at radius 3 is 2.61 bits per heavy atom. The van der Waals surface area contributed by atoms with E-state index in [9.17, 15) is 13.2 Å². The van der Waals surface area contributed by atoms with Gasteiger partial charge in [-0.05, 0) is 24.4 Å². The lowest BCUT2D eigenvalue weighted by molar-refractivity contribution is -0.141. The zero-order valence-corrected chi connectivity index (χ0v) is 10.1. The minimum absolute atomic E-state index is 0.327. The first-order valence-corrected chi connectivity index (χ1v) is 5.54. The van der Waals surface area contributed by atoms with E-state index in [0.717, 1.165) is 12.3 Å². The van der Waals surface area contributed by atoms with Crippen molar-refractivity contribution in [3.05, 3.63) is 34.6 Å². The summed E-state index contributed by atoms with van der Waals surface area (Å²) in [5, 5.41) is 6.57. The Morgan fingerprint density at radius 2 is 2.11 bits per heavy atom. The molecule has 0 aliphatic carbocycles. The number of aromatic nitrogens is 4. The van der Waals surface area contributed by atoms with Crippen LogP contribution < -0.4 is 0 Å². The van der Waals surface area contributed by atoms with Gasteiger partial charge in [0.1, 0.15) is 11.5 Å². The van der Waals surface area contributed by atoms with Crippen LogP contribution in [0.4, 0.5) is 13.2 Å². The van der Waals surface area contributed by atoms with Gasteiger partial charge in [0.25, 0.3) is 0 Å². The summed E-state index contributed by atoms with van der Waals surface area (Å²) in [6.07, 6.45) is -2.70. The van der Waals surface area contributed by atoms with Gasteiger partial charge < -0.3 is 0 Å². The minimum Gasteiger partial charge on any atom is -0.271 e. The van der Waals surface area contributed by atoms with Crippen LogP contribution in [0, 0.1) is 4.77 Å². The molecule has 0 amide bonds. The lowest BCUT2D eigenvalue weighted by Gasteiger charge is -2.08. The average molecular weight is 274 g/mol. The first-order chi connectivity index (χ1) is 8.43. The maximum atomic E-state index is 12.4. The molecule has 2 aromatic heterocycles. The first kappa shape index (κ1) is 12.7. The summed E-state index contributed by atoms with van der Waals surface area (Å²) in [4.78, 5) is 3.39. The van der Waals surface area contributed by atoms with Gasteiger partial charge in [0.15, 0.2) is 4.77 Å². The molecule has 18 heavy (non-hydrogen) atoms. The van der Waals surface area contributed by atoms with Crippen LogP contribution in [-0.2, 0) is 12.6 Å². The zero-order chi connectivity index (χ0) is 13.3. The summed E-state index contributed by atoms with van der Waals surface area (Å²) in [6, 6.07) is 2.24. The smallest absolute Gasteiger partial charge is 0.271 e. The fourth-order valence-electron chi connectivity index (χ4n) is 1.52. The van der Waals surface area contributed by atoms with Crippen molar-refractivity contribution in [1.29, 1.82) is 0 Å². The highest BCUT2D eigenvalue weighted by Crippen LogP contribution is 2.27. The standard InChI is InChI=1S/C10H9F3N4S/c1-2-8-15-16-9(18)17(8)6-3-4-7(14-5-6)10(11,12)13/h3-5H,2H2,1H3,(H,16,18). The lowest BCUT2D eigenvalue weighted by Crippen LogP contribution is -2.09. The highest BCUT2D eigenvalue weighted by atomic mass is 32.1. The fourth-order valence-corrected chi connectivity index (χ4v) is 1.78. The third kappa shape index (κ3) is 2.28. The molecule has 1 N–H and O–H groups in total. The molecule has 0 bridgehead atoms. The maximum absolute atomic E-state index is 12.4. The van der Waals surface area contributed by atoms with Gasteiger partial charge in [-0.25, -0.2) is 4.98 Å². The van der Waals surface area contributed by atoms with Gasteiger partial charge in [0, 0.05) is 6.42 Å². The molecule has 0 atom stereocenters. The van der Waals surface area contributed by atoms with E-state index in [0.29, 0.717) is 22.7 Å². The molecule has 0 aliphatic heterocycles. The molecule has 0 radical (unpaired) electrons. The first-order valence-electron chi connectivity index (χ1n) is 5.13. The minimum atomic E-state index is -4.44. The van der Waals surface area contributed by atoms with Crippen LogP contribution in [0.2, 0.25) is 0 Å². The summed E-state index contributed by atoms with van der Waals surface area (Å²) in [6.45, 7) is 1.87. The van der Waals surface area contributed by atoms with E-state index in [1.807, 2.05) is 6.92 Å². The van der Waals surface area contributed by atoms with Crippen molar-refractivity contribution in [3.8, 4) is 5.69 Å². The topological polar surface area (TPSA) is 46.5 Å². The Bertz CT molecular complexity index is 597. The number of aryl methyl sites for hydroxylation is 1. The summed E-state index contributed by atoms with van der Waals surface area (Å²) in [5.74, 6) is 0.640. The molecule has 0 saturated heterocycles. The molecule has 96 valence electrons. The van der Waals surface area contributed by atoms with Gasteiger partial charge in [-0.2, -0.15) is 18.3 Å². The van der Waals surface area contributed by atoms with Crippen LogP contribution in [0.15, 0.2) is 18.3 Å². The van der Waals surface area contributed by atoms with Crippen molar-refractivity contribution in [2.75, 3.05) is 0 Å². The van der Waals surface area contributed by atoms with Gasteiger partial charge >= 0.3 is 6.18 Å². The predicted molar refractivity (Wildman–Crippen MR) is 60.9 cm³/mol. The lowest BCUT2D eigenvalue weighted by atomic mass is 10.3. The van der Waals surface area contributed by atoms with Crippen molar-refractivity contribution < 1.29 is 13.2 Å². The van der Waals surface area contributed by atoms with Crippen LogP contribution in [-0.4, -0.2) is 19.7 Å². The van der Waals surface area contributed by atoms with Crippen LogP contribution in [0.3, 0.4) is 0 Å². The highest BCUT2D eigenvalue weighted by Gasteiger charge is 2.32. The Labute approximate surface area is 105 Å². The van der Waals surface area contributed by atoms with E-state index in [1.165, 1.54) is 6.07 Å². The van der Waals surface area contributed by atoms with E-state index in [-0.39, 0.29) is 0 Å². The van der Waals surface area contributed by atoms with Crippen LogP contribution in [0.5, 0.6) is 0 Å². The molecule has 4 nitrogen and oxygen atoms in total. The fraction of sp³-hybridized carbons (Fsp3) is 0.300. The normalized spacial score (nSPS) is 11.8. The van der Waals surface area contributed by atoms with E-state index < -0.39 is 11.9 Å². The van der Waals surface area contributed by atoms with Crippen molar-refractivity contribution in [2.45, 2.75) is 19.5 Å². The quantitative estimate of drug-likeness (QED) is 0.856. The second kappa shape index (κ2) is 4.52. The average Bonchev–Trinajstić information content (AvgIpc) is 2.69. The molecular weight excluding hydrogens is 265 g/mol. The Kier molecular flexibility index (Phi) is 3.20. The van der Waals surface area contributed by atoms with Crippen LogP contribution >= 0.6 is 12.2 Å². The molecule has 2 rings (SSSR count). The summed E-state index contributed by atoms with van der Waals surface area (Å²) in [7, 11) is 0. The van der Waals surface area contributed by atoms with E-state index in [1.54, 1.807) is 4.57 Å². The number of nitrogens with zero attached hydrogens (tertiary/aromatic N) is 3. The second-order valence-corrected chi connectivity index (χ2v) is 3.92. The highest BCUT2D eigenvalue weighted by molar-refractivity contribution is 7.71. The van der Waals surface area contributed by atoms with Gasteiger partial charge in [-0.15, -0.1) is 0 Å². The predicted octanol–water partition coefficient (Wildman–Crippen LogP) is 2.91. The van der Waals surface area contributed by atoms with Gasteiger partial charge in [0.2, 0.25) is 0 Å². The number of nitrogens with one attached hydrogen (secondary N) is 1. The number of pyridine rings is 1. The largest absolute Gasteiger partial charge is 0.433 e. The van der Waals surface area contributed by atoms with Crippen LogP contribution in [0.25, 0.3) is 5.69 Å². The van der Waals surface area contributed by atoms with E-state index in [4.69, 9.17) is 12.2 Å². The molecule has 8 heteroatoms. The molecule has 0 aromatic carbocycles. The zero-order valence-electron chi connectivity index (χ0n) is 9.32. The van der Waals surface area contributed by atoms with Crippen molar-refractivity contribution >= 4 is 12.2 Å². The Morgan fingerprint density at radius 1 is 1.39 bits per heavy atom. The maximum Gasteiger partial charge on any atom is 0.433 e. The number of hydrogen-bond acceptors (Lipinski definition) is 3. The number of aromatic amines is 1. The van der Waals surface area contributed by atoms with E-state index in [2.05, 4.69) is 15.2 Å². The molecule has 0 spiro atoms. The molecule has 2 heterocycles. The number of alkyl halides is 3. The summed E-state index contributed by atoms with van der Waals surface area (Å²) >= 11 is 5.02. The Balaban J connectivity index is 2.47. The van der Waals surface area contributed by atoms with E-state index >= 15 is 0 Å². The third-order valence-corrected chi connectivity index (χ3v) is 2.63. The monoisotopic (exact) mass is 274 g/mol. The SMILES string of the molecule is CCc1n[nH]c(=S)n1-c1ccc(C(F)(F)F)nc1. The summed E-state index contributed by atoms with van der Waals surface area (Å²) < 4.78 is 39.0. The molecule has 0 unspecified atom stereocenters. The molecule has 0 saturated carbocycles. The number of rotatable bonds is 2. The van der Waals surface area contributed by atoms with Gasteiger partial charge in [-0.1, -0.05) is 6.92 Å². The number of H-pyrrole nitrogens is 1. The number of halogens is 3. The van der Waals surface area contributed by atoms with Crippen LogP contribution in [0.1, 0.15) is 18.4 Å². The molecular formula is C10H9F3N4S. The van der Waals surface area contributed by atoms with Crippen molar-refractivity contribution in [2.24, 2.45) is 0 Å². The molecule has 0 aliphatic rings. The third-order valence-electron chi connectivity index (χ3n) is 2.35.